The van der Waals surface area contributed by atoms with Gasteiger partial charge in [-0.25, -0.2) is 0 Å². The summed E-state index contributed by atoms with van der Waals surface area (Å²) in [7, 11) is 0. The quantitative estimate of drug-likeness (QED) is 0.848. The zero-order valence-corrected chi connectivity index (χ0v) is 13.4. The molecule has 2 fully saturated rings. The number of likely N-dealkylation sites (N-methyl/N-ethyl adjacent to an activating group) is 1. The van der Waals surface area contributed by atoms with Crippen LogP contribution in [0.2, 0.25) is 0 Å². The van der Waals surface area contributed by atoms with Crippen molar-refractivity contribution >= 4 is 0 Å². The molecule has 0 saturated heterocycles. The van der Waals surface area contributed by atoms with E-state index in [2.05, 4.69) is 36.1 Å². The Morgan fingerprint density at radius 1 is 1.10 bits per heavy atom. The standard InChI is InChI=1S/C19H30N2/c1-2-21(16-8-4-3-5-9-16)19(14-20)18-11-7-6-10-17(18)15-12-13-15/h6-7,10-11,15-16,19H,2-5,8-9,12-14,20H2,1H3. The summed E-state index contributed by atoms with van der Waals surface area (Å²) in [6.45, 7) is 4.16. The van der Waals surface area contributed by atoms with Crippen LogP contribution >= 0.6 is 0 Å². The van der Waals surface area contributed by atoms with Gasteiger partial charge in [-0.3, -0.25) is 4.90 Å². The molecule has 0 amide bonds. The molecule has 2 saturated carbocycles. The highest BCUT2D eigenvalue weighted by atomic mass is 15.2. The van der Waals surface area contributed by atoms with E-state index in [-0.39, 0.29) is 0 Å². The molecule has 2 nitrogen and oxygen atoms in total. The van der Waals surface area contributed by atoms with E-state index in [1.165, 1.54) is 50.5 Å². The fourth-order valence-electron chi connectivity index (χ4n) is 4.17. The molecule has 0 aliphatic heterocycles. The van der Waals surface area contributed by atoms with Crippen molar-refractivity contribution in [2.45, 2.75) is 69.9 Å². The van der Waals surface area contributed by atoms with Crippen LogP contribution in [0.4, 0.5) is 0 Å². The number of rotatable bonds is 6. The molecule has 3 rings (SSSR count). The molecule has 0 spiro atoms. The minimum Gasteiger partial charge on any atom is -0.329 e. The second-order valence-electron chi connectivity index (χ2n) is 6.78. The maximum absolute atomic E-state index is 6.24. The lowest BCUT2D eigenvalue weighted by molar-refractivity contribution is 0.113. The molecule has 1 aromatic carbocycles. The summed E-state index contributed by atoms with van der Waals surface area (Å²) in [5.74, 6) is 0.806. The van der Waals surface area contributed by atoms with Gasteiger partial charge in [-0.2, -0.15) is 0 Å². The Labute approximate surface area is 129 Å². The smallest absolute Gasteiger partial charge is 0.0476 e. The Kier molecular flexibility index (Phi) is 4.97. The van der Waals surface area contributed by atoms with Gasteiger partial charge in [-0.1, -0.05) is 50.5 Å². The van der Waals surface area contributed by atoms with E-state index in [9.17, 15) is 0 Å². The van der Waals surface area contributed by atoms with E-state index in [0.717, 1.165) is 25.0 Å². The first-order valence-electron chi connectivity index (χ1n) is 8.89. The molecule has 0 bridgehead atoms. The number of nitrogens with two attached hydrogens (primary N) is 1. The zero-order chi connectivity index (χ0) is 14.7. The second kappa shape index (κ2) is 6.93. The summed E-state index contributed by atoms with van der Waals surface area (Å²) in [4.78, 5) is 2.69. The maximum Gasteiger partial charge on any atom is 0.0476 e. The Hall–Kier alpha value is -0.860. The SMILES string of the molecule is CCN(C1CCCCC1)C(CN)c1ccccc1C1CC1. The molecule has 1 unspecified atom stereocenters. The van der Waals surface area contributed by atoms with Gasteiger partial charge in [0.05, 0.1) is 0 Å². The van der Waals surface area contributed by atoms with Crippen molar-refractivity contribution in [3.8, 4) is 0 Å². The van der Waals surface area contributed by atoms with E-state index in [1.54, 1.807) is 5.56 Å². The van der Waals surface area contributed by atoms with Crippen molar-refractivity contribution in [1.82, 2.24) is 4.90 Å². The normalized spacial score (nSPS) is 21.7. The Morgan fingerprint density at radius 2 is 1.81 bits per heavy atom. The van der Waals surface area contributed by atoms with Crippen LogP contribution < -0.4 is 5.73 Å². The highest BCUT2D eigenvalue weighted by Crippen LogP contribution is 2.44. The second-order valence-corrected chi connectivity index (χ2v) is 6.78. The predicted octanol–water partition coefficient (Wildman–Crippen LogP) is 4.22. The van der Waals surface area contributed by atoms with Crippen LogP contribution in [0.3, 0.4) is 0 Å². The molecule has 0 aromatic heterocycles. The Morgan fingerprint density at radius 3 is 2.43 bits per heavy atom. The van der Waals surface area contributed by atoms with Crippen LogP contribution in [0.25, 0.3) is 0 Å². The van der Waals surface area contributed by atoms with Gasteiger partial charge in [0.1, 0.15) is 0 Å². The molecule has 0 heterocycles. The molecular weight excluding hydrogens is 256 g/mol. The Balaban J connectivity index is 1.85. The van der Waals surface area contributed by atoms with Gasteiger partial charge in [-0.05, 0) is 49.3 Å². The summed E-state index contributed by atoms with van der Waals surface area (Å²) in [6, 6.07) is 10.2. The Bertz CT molecular complexity index is 447. The maximum atomic E-state index is 6.24. The van der Waals surface area contributed by atoms with Gasteiger partial charge >= 0.3 is 0 Å². The summed E-state index contributed by atoms with van der Waals surface area (Å²) in [6.07, 6.45) is 9.64. The lowest BCUT2D eigenvalue weighted by Crippen LogP contribution is -2.42. The topological polar surface area (TPSA) is 29.3 Å². The lowest BCUT2D eigenvalue weighted by Gasteiger charge is -2.40. The number of benzene rings is 1. The van der Waals surface area contributed by atoms with Crippen LogP contribution in [0, 0.1) is 0 Å². The van der Waals surface area contributed by atoms with E-state index < -0.39 is 0 Å². The molecule has 21 heavy (non-hydrogen) atoms. The third-order valence-electron chi connectivity index (χ3n) is 5.40. The number of hydrogen-bond donors (Lipinski definition) is 1. The molecule has 2 N–H and O–H groups in total. The van der Waals surface area contributed by atoms with Crippen molar-refractivity contribution in [3.63, 3.8) is 0 Å². The monoisotopic (exact) mass is 286 g/mol. The molecular formula is C19H30N2. The molecule has 116 valence electrons. The predicted molar refractivity (Wildman–Crippen MR) is 89.5 cm³/mol. The van der Waals surface area contributed by atoms with E-state index in [0.29, 0.717) is 6.04 Å². The molecule has 1 aromatic rings. The van der Waals surface area contributed by atoms with Crippen LogP contribution in [-0.4, -0.2) is 24.0 Å². The average molecular weight is 286 g/mol. The fraction of sp³-hybridized carbons (Fsp3) is 0.684. The molecule has 2 aliphatic carbocycles. The van der Waals surface area contributed by atoms with E-state index in [1.807, 2.05) is 0 Å². The largest absolute Gasteiger partial charge is 0.329 e. The van der Waals surface area contributed by atoms with Gasteiger partial charge in [0.2, 0.25) is 0 Å². The fourth-order valence-corrected chi connectivity index (χ4v) is 4.17. The van der Waals surface area contributed by atoms with Crippen LogP contribution in [-0.2, 0) is 0 Å². The van der Waals surface area contributed by atoms with Gasteiger partial charge in [0.25, 0.3) is 0 Å². The summed E-state index contributed by atoms with van der Waals surface area (Å²) < 4.78 is 0. The third-order valence-corrected chi connectivity index (χ3v) is 5.40. The average Bonchev–Trinajstić information content (AvgIpc) is 3.38. The van der Waals surface area contributed by atoms with E-state index >= 15 is 0 Å². The van der Waals surface area contributed by atoms with Crippen molar-refractivity contribution < 1.29 is 0 Å². The first-order valence-corrected chi connectivity index (χ1v) is 8.89. The van der Waals surface area contributed by atoms with Crippen LogP contribution in [0.1, 0.15) is 75.0 Å². The molecule has 1 atom stereocenters. The minimum absolute atomic E-state index is 0.412. The summed E-state index contributed by atoms with van der Waals surface area (Å²) in [5.41, 5.74) is 9.32. The van der Waals surface area contributed by atoms with Crippen LogP contribution in [0.15, 0.2) is 24.3 Å². The number of hydrogen-bond acceptors (Lipinski definition) is 2. The minimum atomic E-state index is 0.412. The van der Waals surface area contributed by atoms with Gasteiger partial charge in [0.15, 0.2) is 0 Å². The van der Waals surface area contributed by atoms with Crippen molar-refractivity contribution in [2.75, 3.05) is 13.1 Å². The zero-order valence-electron chi connectivity index (χ0n) is 13.4. The summed E-state index contributed by atoms with van der Waals surface area (Å²) in [5, 5.41) is 0. The van der Waals surface area contributed by atoms with Crippen molar-refractivity contribution in [2.24, 2.45) is 5.73 Å². The van der Waals surface area contributed by atoms with Crippen molar-refractivity contribution in [1.29, 1.82) is 0 Å². The first-order chi connectivity index (χ1) is 10.3. The highest BCUT2D eigenvalue weighted by molar-refractivity contribution is 5.36. The van der Waals surface area contributed by atoms with Crippen LogP contribution in [0.5, 0.6) is 0 Å². The molecule has 2 aliphatic rings. The number of nitrogens with zero attached hydrogens (tertiary/aromatic N) is 1. The third kappa shape index (κ3) is 3.32. The molecule has 0 radical (unpaired) electrons. The first kappa shape index (κ1) is 15.1. The highest BCUT2D eigenvalue weighted by Gasteiger charge is 2.32. The van der Waals surface area contributed by atoms with Gasteiger partial charge in [0, 0.05) is 18.6 Å². The lowest BCUT2D eigenvalue weighted by atomic mass is 9.90. The molecule has 2 heteroatoms. The summed E-state index contributed by atoms with van der Waals surface area (Å²) >= 11 is 0. The van der Waals surface area contributed by atoms with Gasteiger partial charge in [-0.15, -0.1) is 0 Å². The van der Waals surface area contributed by atoms with E-state index in [4.69, 9.17) is 5.73 Å². The van der Waals surface area contributed by atoms with Gasteiger partial charge < -0.3 is 5.73 Å². The van der Waals surface area contributed by atoms with Crippen molar-refractivity contribution in [3.05, 3.63) is 35.4 Å².